The van der Waals surface area contributed by atoms with E-state index in [-0.39, 0.29) is 12.1 Å². The molecular weight excluding hydrogens is 220 g/mol. The van der Waals surface area contributed by atoms with Crippen molar-refractivity contribution in [2.24, 2.45) is 0 Å². The van der Waals surface area contributed by atoms with Crippen LogP contribution in [-0.2, 0) is 0 Å². The van der Waals surface area contributed by atoms with Gasteiger partial charge in [0.1, 0.15) is 5.69 Å². The summed E-state index contributed by atoms with van der Waals surface area (Å²) in [5.74, 6) is 0.978. The van der Waals surface area contributed by atoms with Gasteiger partial charge >= 0.3 is 0 Å². The molecule has 0 saturated carbocycles. The highest BCUT2D eigenvalue weighted by molar-refractivity contribution is 5.47. The van der Waals surface area contributed by atoms with E-state index in [9.17, 15) is 5.11 Å². The molecule has 1 fully saturated rings. The van der Waals surface area contributed by atoms with Crippen LogP contribution in [0, 0.1) is 0 Å². The minimum Gasteiger partial charge on any atom is -0.392 e. The van der Waals surface area contributed by atoms with Crippen LogP contribution in [-0.4, -0.2) is 32.9 Å². The van der Waals surface area contributed by atoms with Crippen LogP contribution in [0.1, 0.15) is 18.4 Å². The lowest BCUT2D eigenvalue weighted by atomic mass is 10.2. The monoisotopic (exact) mass is 232 g/mol. The Morgan fingerprint density at radius 1 is 1.41 bits per heavy atom. The Labute approximate surface area is 97.7 Å². The molecule has 3 rings (SSSR count). The molecule has 2 aromatic heterocycles. The van der Waals surface area contributed by atoms with Crippen LogP contribution >= 0.6 is 0 Å². The maximum Gasteiger partial charge on any atom is 0.244 e. The molecule has 0 aliphatic carbocycles. The highest BCUT2D eigenvalue weighted by atomic mass is 16.5. The van der Waals surface area contributed by atoms with Gasteiger partial charge in [-0.25, -0.2) is 0 Å². The summed E-state index contributed by atoms with van der Waals surface area (Å²) in [6, 6.07) is 5.47. The van der Waals surface area contributed by atoms with Crippen molar-refractivity contribution in [1.29, 1.82) is 0 Å². The molecule has 0 amide bonds. The molecule has 2 atom stereocenters. The van der Waals surface area contributed by atoms with E-state index < -0.39 is 0 Å². The second-order valence-electron chi connectivity index (χ2n) is 4.02. The topological polar surface area (TPSA) is 84.1 Å². The van der Waals surface area contributed by atoms with Crippen molar-refractivity contribution in [3.8, 4) is 11.5 Å². The fourth-order valence-electron chi connectivity index (χ4n) is 1.88. The number of nitrogens with zero attached hydrogens (tertiary/aromatic N) is 3. The number of β-amino-alcohol motifs (C(OH)–C–C–N with tert-alkyl or cyclic N) is 1. The first-order valence-corrected chi connectivity index (χ1v) is 5.49. The summed E-state index contributed by atoms with van der Waals surface area (Å²) in [5.41, 5.74) is 0.682. The average Bonchev–Trinajstić information content (AvgIpc) is 2.98. The second-order valence-corrected chi connectivity index (χ2v) is 4.02. The van der Waals surface area contributed by atoms with Crippen molar-refractivity contribution in [3.63, 3.8) is 0 Å². The Morgan fingerprint density at radius 2 is 2.35 bits per heavy atom. The fraction of sp³-hybridized carbons (Fsp3) is 0.364. The molecule has 6 heteroatoms. The van der Waals surface area contributed by atoms with Gasteiger partial charge in [-0.15, -0.1) is 0 Å². The van der Waals surface area contributed by atoms with E-state index in [4.69, 9.17) is 4.52 Å². The van der Waals surface area contributed by atoms with Crippen LogP contribution in [0.25, 0.3) is 11.5 Å². The predicted molar refractivity (Wildman–Crippen MR) is 58.9 cm³/mol. The molecule has 1 saturated heterocycles. The highest BCUT2D eigenvalue weighted by Gasteiger charge is 2.28. The molecule has 1 aliphatic rings. The van der Waals surface area contributed by atoms with Gasteiger partial charge in [-0.3, -0.25) is 4.98 Å². The number of pyridine rings is 1. The maximum atomic E-state index is 9.42. The molecule has 3 heterocycles. The van der Waals surface area contributed by atoms with Crippen LogP contribution in [0.3, 0.4) is 0 Å². The SMILES string of the molecule is O[C@@H]1CN[C@@H](c2nc(-c3ccccn3)no2)C1. The predicted octanol–water partition coefficient (Wildman–Crippen LogP) is 0.527. The van der Waals surface area contributed by atoms with Crippen molar-refractivity contribution in [3.05, 3.63) is 30.3 Å². The third-order valence-corrected chi connectivity index (χ3v) is 2.74. The first-order chi connectivity index (χ1) is 8.33. The van der Waals surface area contributed by atoms with Gasteiger partial charge < -0.3 is 14.9 Å². The normalized spacial score (nSPS) is 24.1. The van der Waals surface area contributed by atoms with E-state index in [2.05, 4.69) is 20.4 Å². The Hall–Kier alpha value is -1.79. The van der Waals surface area contributed by atoms with Gasteiger partial charge in [0.2, 0.25) is 11.7 Å². The van der Waals surface area contributed by atoms with Crippen LogP contribution in [0.4, 0.5) is 0 Å². The molecule has 1 aliphatic heterocycles. The Balaban J connectivity index is 1.84. The number of rotatable bonds is 2. The largest absolute Gasteiger partial charge is 0.392 e. The summed E-state index contributed by atoms with van der Waals surface area (Å²) in [5, 5.41) is 16.4. The van der Waals surface area contributed by atoms with E-state index >= 15 is 0 Å². The third-order valence-electron chi connectivity index (χ3n) is 2.74. The van der Waals surface area contributed by atoms with Gasteiger partial charge in [-0.1, -0.05) is 11.2 Å². The molecule has 0 unspecified atom stereocenters. The number of aliphatic hydroxyl groups is 1. The smallest absolute Gasteiger partial charge is 0.244 e. The van der Waals surface area contributed by atoms with Gasteiger partial charge in [0.15, 0.2) is 0 Å². The lowest BCUT2D eigenvalue weighted by Crippen LogP contribution is -2.15. The summed E-state index contributed by atoms with van der Waals surface area (Å²) in [7, 11) is 0. The zero-order valence-electron chi connectivity index (χ0n) is 9.08. The molecule has 0 radical (unpaired) electrons. The van der Waals surface area contributed by atoms with Gasteiger partial charge in [0.25, 0.3) is 0 Å². The number of hydrogen-bond acceptors (Lipinski definition) is 6. The molecule has 0 aromatic carbocycles. The number of hydrogen-bond donors (Lipinski definition) is 2. The van der Waals surface area contributed by atoms with Crippen molar-refractivity contribution in [2.75, 3.05) is 6.54 Å². The summed E-state index contributed by atoms with van der Waals surface area (Å²) >= 11 is 0. The van der Waals surface area contributed by atoms with E-state index in [1.54, 1.807) is 6.20 Å². The van der Waals surface area contributed by atoms with Crippen molar-refractivity contribution in [2.45, 2.75) is 18.6 Å². The first-order valence-electron chi connectivity index (χ1n) is 5.49. The van der Waals surface area contributed by atoms with Gasteiger partial charge in [0.05, 0.1) is 12.1 Å². The van der Waals surface area contributed by atoms with Gasteiger partial charge in [-0.05, 0) is 18.6 Å². The Bertz CT molecular complexity index is 499. The molecule has 17 heavy (non-hydrogen) atoms. The van der Waals surface area contributed by atoms with Crippen LogP contribution in [0.2, 0.25) is 0 Å². The molecule has 2 N–H and O–H groups in total. The molecule has 2 aromatic rings. The highest BCUT2D eigenvalue weighted by Crippen LogP contribution is 2.23. The summed E-state index contributed by atoms with van der Waals surface area (Å²) in [4.78, 5) is 8.43. The average molecular weight is 232 g/mol. The fourth-order valence-corrected chi connectivity index (χ4v) is 1.88. The minimum absolute atomic E-state index is 0.0602. The summed E-state index contributed by atoms with van der Waals surface area (Å²) in [6.45, 7) is 0.561. The van der Waals surface area contributed by atoms with E-state index in [0.717, 1.165) is 0 Å². The van der Waals surface area contributed by atoms with Crippen molar-refractivity contribution in [1.82, 2.24) is 20.4 Å². The van der Waals surface area contributed by atoms with E-state index in [0.29, 0.717) is 30.4 Å². The Kier molecular flexibility index (Phi) is 2.58. The first kappa shape index (κ1) is 10.4. The lowest BCUT2D eigenvalue weighted by molar-refractivity contribution is 0.191. The van der Waals surface area contributed by atoms with E-state index in [1.807, 2.05) is 18.2 Å². The second kappa shape index (κ2) is 4.23. The zero-order chi connectivity index (χ0) is 11.7. The van der Waals surface area contributed by atoms with E-state index in [1.165, 1.54) is 0 Å². The molecule has 6 nitrogen and oxygen atoms in total. The molecule has 88 valence electrons. The Morgan fingerprint density at radius 3 is 3.06 bits per heavy atom. The zero-order valence-corrected chi connectivity index (χ0v) is 9.08. The summed E-state index contributed by atoms with van der Waals surface area (Å²) < 4.78 is 5.18. The van der Waals surface area contributed by atoms with Gasteiger partial charge in [-0.2, -0.15) is 4.98 Å². The lowest BCUT2D eigenvalue weighted by Gasteiger charge is -2.01. The number of nitrogens with one attached hydrogen (secondary N) is 1. The minimum atomic E-state index is -0.342. The van der Waals surface area contributed by atoms with Crippen LogP contribution in [0.5, 0.6) is 0 Å². The third kappa shape index (κ3) is 2.04. The van der Waals surface area contributed by atoms with Crippen molar-refractivity contribution >= 4 is 0 Å². The van der Waals surface area contributed by atoms with Crippen LogP contribution in [0.15, 0.2) is 28.9 Å². The number of aliphatic hydroxyl groups excluding tert-OH is 1. The van der Waals surface area contributed by atoms with Crippen LogP contribution < -0.4 is 5.32 Å². The molecular formula is C11H12N4O2. The molecule has 0 spiro atoms. The van der Waals surface area contributed by atoms with Crippen molar-refractivity contribution < 1.29 is 9.63 Å². The standard InChI is InChI=1S/C11H12N4O2/c16-7-5-9(13-6-7)11-14-10(15-17-11)8-3-1-2-4-12-8/h1-4,7,9,13,16H,5-6H2/t7-,9+/m0/s1. The quantitative estimate of drug-likeness (QED) is 0.785. The van der Waals surface area contributed by atoms with Gasteiger partial charge in [0, 0.05) is 12.7 Å². The summed E-state index contributed by atoms with van der Waals surface area (Å²) in [6.07, 6.45) is 1.94. The molecule has 0 bridgehead atoms. The number of aromatic nitrogens is 3. The maximum absolute atomic E-state index is 9.42.